The van der Waals surface area contributed by atoms with Crippen LogP contribution in [-0.2, 0) is 10.4 Å². The number of Topliss-reactive ketones (excluding diaryl/α,β-unsaturated/α-hetero) is 1. The molecule has 2 N–H and O–H groups in total. The minimum atomic E-state index is -1.95. The third-order valence-electron chi connectivity index (χ3n) is 3.64. The molecule has 0 fully saturated rings. The fraction of sp³-hybridized carbons (Fsp3) is 0.125. The number of ketones is 1. The molecule has 22 heavy (non-hydrogen) atoms. The van der Waals surface area contributed by atoms with Crippen molar-refractivity contribution in [2.75, 3.05) is 5.32 Å². The number of halogens is 2. The molecule has 2 aromatic carbocycles. The summed E-state index contributed by atoms with van der Waals surface area (Å²) in [6.45, 7) is 0. The molecule has 0 unspecified atom stereocenters. The van der Waals surface area contributed by atoms with Crippen molar-refractivity contribution in [3.05, 3.63) is 63.6 Å². The van der Waals surface area contributed by atoms with Gasteiger partial charge in [-0.2, -0.15) is 0 Å². The molecule has 1 heterocycles. The lowest BCUT2D eigenvalue weighted by molar-refractivity contribution is -0.133. The summed E-state index contributed by atoms with van der Waals surface area (Å²) in [5.41, 5.74) is -0.939. The first-order chi connectivity index (χ1) is 10.4. The zero-order valence-electron chi connectivity index (χ0n) is 11.3. The highest BCUT2D eigenvalue weighted by molar-refractivity contribution is 6.34. The van der Waals surface area contributed by atoms with Crippen LogP contribution in [-0.4, -0.2) is 16.8 Å². The summed E-state index contributed by atoms with van der Waals surface area (Å²) in [4.78, 5) is 24.5. The van der Waals surface area contributed by atoms with Crippen molar-refractivity contribution in [1.29, 1.82) is 0 Å². The highest BCUT2D eigenvalue weighted by atomic mass is 35.5. The molecular weight excluding hydrogens is 325 g/mol. The van der Waals surface area contributed by atoms with E-state index in [0.717, 1.165) is 0 Å². The van der Waals surface area contributed by atoms with Crippen molar-refractivity contribution >= 4 is 40.6 Å². The van der Waals surface area contributed by atoms with E-state index in [9.17, 15) is 14.7 Å². The van der Waals surface area contributed by atoms with Crippen LogP contribution < -0.4 is 5.32 Å². The Morgan fingerprint density at radius 1 is 1.18 bits per heavy atom. The zero-order valence-corrected chi connectivity index (χ0v) is 12.8. The molecule has 1 atom stereocenters. The molecule has 0 aliphatic carbocycles. The molecule has 1 aliphatic rings. The van der Waals surface area contributed by atoms with Crippen LogP contribution in [0.25, 0.3) is 0 Å². The summed E-state index contributed by atoms with van der Waals surface area (Å²) >= 11 is 11.9. The van der Waals surface area contributed by atoms with Crippen molar-refractivity contribution in [2.24, 2.45) is 0 Å². The normalized spacial score (nSPS) is 19.7. The second-order valence-electron chi connectivity index (χ2n) is 5.08. The minimum Gasteiger partial charge on any atom is -0.375 e. The second-order valence-corrected chi connectivity index (χ2v) is 5.93. The maximum atomic E-state index is 12.4. The number of fused-ring (bicyclic) bond motifs is 1. The molecule has 1 aliphatic heterocycles. The Bertz CT molecular complexity index is 791. The molecule has 6 heteroatoms. The van der Waals surface area contributed by atoms with E-state index in [1.807, 2.05) is 0 Å². The van der Waals surface area contributed by atoms with Gasteiger partial charge in [0.25, 0.3) is 5.91 Å². The van der Waals surface area contributed by atoms with E-state index in [-0.39, 0.29) is 10.6 Å². The first-order valence-corrected chi connectivity index (χ1v) is 7.29. The summed E-state index contributed by atoms with van der Waals surface area (Å²) in [7, 11) is 0. The lowest BCUT2D eigenvalue weighted by Gasteiger charge is -2.20. The van der Waals surface area contributed by atoms with Crippen molar-refractivity contribution in [3.8, 4) is 0 Å². The standard InChI is InChI=1S/C16H11Cl2NO3/c17-9-5-6-13-11(7-9)16(22,15(21)19-13)8-14(20)10-3-1-2-4-12(10)18/h1-7,22H,8H2,(H,19,21)/t16-/m0/s1. The molecule has 0 spiro atoms. The monoisotopic (exact) mass is 335 g/mol. The molecule has 112 valence electrons. The van der Waals surface area contributed by atoms with Crippen molar-refractivity contribution < 1.29 is 14.7 Å². The number of benzene rings is 2. The average molecular weight is 336 g/mol. The first-order valence-electron chi connectivity index (χ1n) is 6.53. The maximum absolute atomic E-state index is 12.4. The molecule has 4 nitrogen and oxygen atoms in total. The smallest absolute Gasteiger partial charge is 0.261 e. The van der Waals surface area contributed by atoms with Gasteiger partial charge in [-0.25, -0.2) is 0 Å². The predicted octanol–water partition coefficient (Wildman–Crippen LogP) is 3.41. The van der Waals surface area contributed by atoms with E-state index >= 15 is 0 Å². The van der Waals surface area contributed by atoms with E-state index in [0.29, 0.717) is 16.3 Å². The molecular formula is C16H11Cl2NO3. The number of anilines is 1. The highest BCUT2D eigenvalue weighted by Crippen LogP contribution is 2.40. The topological polar surface area (TPSA) is 66.4 Å². The van der Waals surface area contributed by atoms with Crippen LogP contribution in [0.3, 0.4) is 0 Å². The number of rotatable bonds is 3. The molecule has 0 bridgehead atoms. The van der Waals surface area contributed by atoms with Gasteiger partial charge in [0.15, 0.2) is 11.4 Å². The fourth-order valence-corrected chi connectivity index (χ4v) is 2.92. The minimum absolute atomic E-state index is 0.265. The van der Waals surface area contributed by atoms with E-state index in [2.05, 4.69) is 5.32 Å². The number of carbonyl (C=O) groups excluding carboxylic acids is 2. The quantitative estimate of drug-likeness (QED) is 0.844. The van der Waals surface area contributed by atoms with Gasteiger partial charge in [0.2, 0.25) is 0 Å². The van der Waals surface area contributed by atoms with Crippen molar-refractivity contribution in [3.63, 3.8) is 0 Å². The number of carbonyl (C=O) groups is 2. The van der Waals surface area contributed by atoms with E-state index < -0.39 is 23.7 Å². The molecule has 0 saturated carbocycles. The molecule has 0 aromatic heterocycles. The van der Waals surface area contributed by atoms with E-state index in [1.54, 1.807) is 36.4 Å². The van der Waals surface area contributed by atoms with Gasteiger partial charge in [-0.1, -0.05) is 35.3 Å². The van der Waals surface area contributed by atoms with Crippen LogP contribution in [0.1, 0.15) is 22.3 Å². The summed E-state index contributed by atoms with van der Waals surface area (Å²) in [6.07, 6.45) is -0.407. The Morgan fingerprint density at radius 2 is 1.91 bits per heavy atom. The predicted molar refractivity (Wildman–Crippen MR) is 84.4 cm³/mol. The summed E-state index contributed by atoms with van der Waals surface area (Å²) < 4.78 is 0. The second kappa shape index (κ2) is 5.39. The van der Waals surface area contributed by atoms with Gasteiger partial charge >= 0.3 is 0 Å². The van der Waals surface area contributed by atoms with Crippen LogP contribution in [0.5, 0.6) is 0 Å². The van der Waals surface area contributed by atoms with Gasteiger partial charge in [0.1, 0.15) is 0 Å². The molecule has 1 amide bonds. The van der Waals surface area contributed by atoms with Gasteiger partial charge in [0, 0.05) is 21.8 Å². The van der Waals surface area contributed by atoms with Gasteiger partial charge in [0.05, 0.1) is 11.4 Å². The van der Waals surface area contributed by atoms with E-state index in [4.69, 9.17) is 23.2 Å². The third kappa shape index (κ3) is 2.39. The number of hydrogen-bond donors (Lipinski definition) is 2. The van der Waals surface area contributed by atoms with Crippen molar-refractivity contribution in [2.45, 2.75) is 12.0 Å². The third-order valence-corrected chi connectivity index (χ3v) is 4.21. The van der Waals surface area contributed by atoms with Gasteiger partial charge in [-0.05, 0) is 30.3 Å². The van der Waals surface area contributed by atoms with E-state index in [1.165, 1.54) is 6.07 Å². The van der Waals surface area contributed by atoms with Crippen LogP contribution in [0, 0.1) is 0 Å². The lowest BCUT2D eigenvalue weighted by Crippen LogP contribution is -2.36. The Morgan fingerprint density at radius 3 is 2.64 bits per heavy atom. The number of amides is 1. The van der Waals surface area contributed by atoms with Gasteiger partial charge in [-0.3, -0.25) is 9.59 Å². The van der Waals surface area contributed by atoms with Crippen LogP contribution >= 0.6 is 23.2 Å². The Kier molecular flexibility index (Phi) is 3.68. The first kappa shape index (κ1) is 15.0. The average Bonchev–Trinajstić information content (AvgIpc) is 2.71. The Hall–Kier alpha value is -1.88. The summed E-state index contributed by atoms with van der Waals surface area (Å²) in [6, 6.07) is 11.2. The summed E-state index contributed by atoms with van der Waals surface area (Å²) in [5, 5.41) is 13.9. The largest absolute Gasteiger partial charge is 0.375 e. The van der Waals surface area contributed by atoms with Crippen LogP contribution in [0.4, 0.5) is 5.69 Å². The number of aliphatic hydroxyl groups is 1. The maximum Gasteiger partial charge on any atom is 0.261 e. The zero-order chi connectivity index (χ0) is 15.9. The summed E-state index contributed by atoms with van der Waals surface area (Å²) in [5.74, 6) is -1.07. The van der Waals surface area contributed by atoms with Crippen LogP contribution in [0.2, 0.25) is 10.0 Å². The molecule has 0 saturated heterocycles. The van der Waals surface area contributed by atoms with Gasteiger partial charge < -0.3 is 10.4 Å². The number of nitrogens with one attached hydrogen (secondary N) is 1. The Balaban J connectivity index is 1.98. The number of hydrogen-bond acceptors (Lipinski definition) is 3. The molecule has 3 rings (SSSR count). The molecule has 0 radical (unpaired) electrons. The molecule has 2 aromatic rings. The van der Waals surface area contributed by atoms with Crippen LogP contribution in [0.15, 0.2) is 42.5 Å². The van der Waals surface area contributed by atoms with Crippen molar-refractivity contribution in [1.82, 2.24) is 0 Å². The lowest BCUT2D eigenvalue weighted by atomic mass is 9.88. The van der Waals surface area contributed by atoms with Gasteiger partial charge in [-0.15, -0.1) is 0 Å². The Labute approximate surface area is 136 Å². The SMILES string of the molecule is O=C(C[C@@]1(O)C(=O)Nc2ccc(Cl)cc21)c1ccccc1Cl. The highest BCUT2D eigenvalue weighted by Gasteiger charge is 2.47. The fourth-order valence-electron chi connectivity index (χ4n) is 2.51.